The molecule has 0 saturated carbocycles. The third kappa shape index (κ3) is 5.42. The molecule has 0 bridgehead atoms. The van der Waals surface area contributed by atoms with Crippen molar-refractivity contribution >= 4 is 23.1 Å². The van der Waals surface area contributed by atoms with Crippen LogP contribution < -0.4 is 21.7 Å². The second kappa shape index (κ2) is 8.45. The molecule has 2 aromatic carbocycles. The summed E-state index contributed by atoms with van der Waals surface area (Å²) in [6.45, 7) is -0.102. The fraction of sp³-hybridized carbons (Fsp3) is 0.0769. The quantitative estimate of drug-likeness (QED) is 0.569. The van der Waals surface area contributed by atoms with Crippen molar-refractivity contribution in [3.63, 3.8) is 0 Å². The largest absolute Gasteiger partial charge is 2.00 e. The molecular weight excluding hydrogens is 333 g/mol. The minimum absolute atomic E-state index is 0. The van der Waals surface area contributed by atoms with Crippen LogP contribution in [0.15, 0.2) is 36.4 Å². The van der Waals surface area contributed by atoms with Crippen molar-refractivity contribution < 1.29 is 34.9 Å². The summed E-state index contributed by atoms with van der Waals surface area (Å²) in [5.74, 6) is -1.92. The minimum atomic E-state index is -0.689. The van der Waals surface area contributed by atoms with Crippen molar-refractivity contribution in [2.75, 3.05) is 0 Å². The van der Waals surface area contributed by atoms with Gasteiger partial charge >= 0.3 is 23.1 Å². The first-order chi connectivity index (χ1) is 8.15. The van der Waals surface area contributed by atoms with E-state index in [-0.39, 0.29) is 52.4 Å². The summed E-state index contributed by atoms with van der Waals surface area (Å²) in [6, 6.07) is 9.59. The molecule has 0 aromatic heterocycles. The Morgan fingerprint density at radius 2 is 1.68 bits per heavy atom. The molecule has 0 saturated heterocycles. The van der Waals surface area contributed by atoms with E-state index in [1.54, 1.807) is 0 Å². The van der Waals surface area contributed by atoms with Crippen LogP contribution in [0.5, 0.6) is 5.75 Å². The molecule has 0 amide bonds. The van der Waals surface area contributed by atoms with Gasteiger partial charge in [0.15, 0.2) is 0 Å². The molecule has 0 radical (unpaired) electrons. The van der Waals surface area contributed by atoms with E-state index in [2.05, 4.69) is 6.07 Å². The van der Waals surface area contributed by atoms with Gasteiger partial charge in [0, 0.05) is 17.6 Å². The maximum absolute atomic E-state index is 13.1. The number of ether oxygens (including phenoxy) is 1. The van der Waals surface area contributed by atoms with Crippen LogP contribution >= 0.6 is 0 Å². The molecule has 0 N–H and O–H groups in total. The fourth-order valence-electron chi connectivity index (χ4n) is 1.37. The Hall–Kier alpha value is -0.724. The smallest absolute Gasteiger partial charge is 1.00 e. The SMILES string of the molecule is Fc1cc(F)cc(COc2cc[c-]cc2F)c1.[Br-].[Mg+2]. The molecule has 0 atom stereocenters. The van der Waals surface area contributed by atoms with Gasteiger partial charge < -0.3 is 21.7 Å². The van der Waals surface area contributed by atoms with E-state index in [1.807, 2.05) is 0 Å². The summed E-state index contributed by atoms with van der Waals surface area (Å²) < 4.78 is 44.0. The topological polar surface area (TPSA) is 9.23 Å². The van der Waals surface area contributed by atoms with Gasteiger partial charge in [0.25, 0.3) is 0 Å². The third-order valence-electron chi connectivity index (χ3n) is 2.09. The summed E-state index contributed by atoms with van der Waals surface area (Å²) in [4.78, 5) is 0. The van der Waals surface area contributed by atoms with Crippen LogP contribution in [0.25, 0.3) is 0 Å². The van der Waals surface area contributed by atoms with Gasteiger partial charge in [-0.15, -0.1) is 12.1 Å². The maximum atomic E-state index is 13.1. The second-order valence-electron chi connectivity index (χ2n) is 3.42. The van der Waals surface area contributed by atoms with Gasteiger partial charge in [0.1, 0.15) is 18.2 Å². The summed E-state index contributed by atoms with van der Waals surface area (Å²) in [5.41, 5.74) is 0.301. The molecule has 0 spiro atoms. The predicted molar refractivity (Wildman–Crippen MR) is 61.7 cm³/mol. The van der Waals surface area contributed by atoms with E-state index in [0.29, 0.717) is 5.56 Å². The van der Waals surface area contributed by atoms with Gasteiger partial charge in [-0.25, -0.2) is 8.78 Å². The van der Waals surface area contributed by atoms with E-state index in [0.717, 1.165) is 24.3 Å². The number of halogens is 4. The van der Waals surface area contributed by atoms with E-state index in [4.69, 9.17) is 4.74 Å². The summed E-state index contributed by atoms with van der Waals surface area (Å²) in [5, 5.41) is 0. The minimum Gasteiger partial charge on any atom is -1.00 e. The van der Waals surface area contributed by atoms with Crippen LogP contribution in [0.2, 0.25) is 0 Å². The molecule has 96 valence electrons. The van der Waals surface area contributed by atoms with Crippen LogP contribution in [-0.4, -0.2) is 23.1 Å². The Kier molecular flexibility index (Phi) is 8.13. The Balaban J connectivity index is 0.00000162. The molecule has 0 aliphatic rings. The van der Waals surface area contributed by atoms with Crippen LogP contribution in [0, 0.1) is 23.5 Å². The van der Waals surface area contributed by atoms with Crippen molar-refractivity contribution in [2.24, 2.45) is 0 Å². The first-order valence-electron chi connectivity index (χ1n) is 4.88. The van der Waals surface area contributed by atoms with Crippen LogP contribution in [-0.2, 0) is 6.61 Å². The Labute approximate surface area is 135 Å². The predicted octanol–water partition coefficient (Wildman–Crippen LogP) is 0.106. The van der Waals surface area contributed by atoms with Crippen molar-refractivity contribution in [1.29, 1.82) is 0 Å². The molecule has 19 heavy (non-hydrogen) atoms. The van der Waals surface area contributed by atoms with Gasteiger partial charge in [-0.2, -0.15) is 12.1 Å². The molecule has 0 aliphatic carbocycles. The van der Waals surface area contributed by atoms with Gasteiger partial charge in [0.05, 0.1) is 0 Å². The normalized spacial score (nSPS) is 9.21. The first-order valence-corrected chi connectivity index (χ1v) is 4.88. The molecule has 6 heteroatoms. The number of benzene rings is 2. The molecule has 0 fully saturated rings. The summed E-state index contributed by atoms with van der Waals surface area (Å²) in [7, 11) is 0. The van der Waals surface area contributed by atoms with Crippen molar-refractivity contribution in [1.82, 2.24) is 0 Å². The number of hydrogen-bond acceptors (Lipinski definition) is 1. The third-order valence-corrected chi connectivity index (χ3v) is 2.09. The average molecular weight is 341 g/mol. The molecule has 2 rings (SSSR count). The number of hydrogen-bond donors (Lipinski definition) is 0. The fourth-order valence-corrected chi connectivity index (χ4v) is 1.37. The zero-order chi connectivity index (χ0) is 12.3. The molecule has 0 heterocycles. The van der Waals surface area contributed by atoms with Crippen molar-refractivity contribution in [3.05, 3.63) is 65.5 Å². The average Bonchev–Trinajstić information content (AvgIpc) is 2.27. The zero-order valence-electron chi connectivity index (χ0n) is 9.80. The molecule has 0 unspecified atom stereocenters. The maximum Gasteiger partial charge on any atom is 2.00 e. The van der Waals surface area contributed by atoms with E-state index in [9.17, 15) is 13.2 Å². The van der Waals surface area contributed by atoms with Gasteiger partial charge in [0.2, 0.25) is 0 Å². The van der Waals surface area contributed by atoms with Crippen molar-refractivity contribution in [3.8, 4) is 5.75 Å². The van der Waals surface area contributed by atoms with Gasteiger partial charge in [-0.1, -0.05) is 0 Å². The second-order valence-corrected chi connectivity index (χ2v) is 3.42. The molecular formula is C13H8BrF3MgO. The van der Waals surface area contributed by atoms with Crippen molar-refractivity contribution in [2.45, 2.75) is 6.61 Å². The number of rotatable bonds is 3. The van der Waals surface area contributed by atoms with E-state index < -0.39 is 17.5 Å². The van der Waals surface area contributed by atoms with E-state index in [1.165, 1.54) is 12.1 Å². The standard InChI is InChI=1S/C13H8F3O.BrH.Mg/c14-10-5-9(6-11(15)7-10)8-17-13-4-2-1-3-12(13)16;;/h2-7H,8H2;1H;/q-1;;+2/p-1. The van der Waals surface area contributed by atoms with Gasteiger partial charge in [-0.3, -0.25) is 4.39 Å². The molecule has 1 nitrogen and oxygen atoms in total. The van der Waals surface area contributed by atoms with Crippen LogP contribution in [0.3, 0.4) is 0 Å². The van der Waals surface area contributed by atoms with Crippen LogP contribution in [0.1, 0.15) is 5.56 Å². The molecule has 0 aliphatic heterocycles. The van der Waals surface area contributed by atoms with Gasteiger partial charge in [-0.05, 0) is 17.7 Å². The molecule has 2 aromatic rings. The van der Waals surface area contributed by atoms with Crippen LogP contribution in [0.4, 0.5) is 13.2 Å². The Bertz CT molecular complexity index is 517. The van der Waals surface area contributed by atoms with E-state index >= 15 is 0 Å². The summed E-state index contributed by atoms with van der Waals surface area (Å²) in [6.07, 6.45) is 0. The monoisotopic (exact) mass is 340 g/mol. The Morgan fingerprint density at radius 3 is 2.26 bits per heavy atom. The first kappa shape index (κ1) is 18.3. The zero-order valence-corrected chi connectivity index (χ0v) is 12.8. The summed E-state index contributed by atoms with van der Waals surface area (Å²) >= 11 is 0. The Morgan fingerprint density at radius 1 is 1.05 bits per heavy atom.